The Morgan fingerprint density at radius 3 is 2.64 bits per heavy atom. The smallest absolute Gasteiger partial charge is 0.271 e. The van der Waals surface area contributed by atoms with E-state index in [1.165, 1.54) is 12.1 Å². The molecule has 0 aromatic heterocycles. The fourth-order valence-corrected chi connectivity index (χ4v) is 1.33. The zero-order valence-corrected chi connectivity index (χ0v) is 7.78. The highest BCUT2D eigenvalue weighted by molar-refractivity contribution is 6.31. The molecule has 2 rings (SSSR count). The second-order valence-electron chi connectivity index (χ2n) is 2.87. The number of benzene rings is 1. The summed E-state index contributed by atoms with van der Waals surface area (Å²) in [5.41, 5.74) is 1.09. The summed E-state index contributed by atoms with van der Waals surface area (Å²) in [6, 6.07) is 2.56. The summed E-state index contributed by atoms with van der Waals surface area (Å²) in [5.74, 6) is -0.887. The van der Waals surface area contributed by atoms with E-state index in [2.05, 4.69) is 17.2 Å². The van der Waals surface area contributed by atoms with Crippen molar-refractivity contribution in [1.82, 2.24) is 0 Å². The van der Waals surface area contributed by atoms with Crippen LogP contribution in [0.5, 0.6) is 0 Å². The second kappa shape index (κ2) is 2.99. The van der Waals surface area contributed by atoms with E-state index in [1.807, 2.05) is 0 Å². The molecule has 0 aliphatic carbocycles. The molecule has 0 fully saturated rings. The number of hydrogen-bond donors (Lipinski definition) is 2. The van der Waals surface area contributed by atoms with Crippen molar-refractivity contribution in [2.24, 2.45) is 0 Å². The van der Waals surface area contributed by atoms with E-state index < -0.39 is 5.82 Å². The van der Waals surface area contributed by atoms with Crippen LogP contribution >= 0.6 is 11.6 Å². The van der Waals surface area contributed by atoms with Gasteiger partial charge in [-0.2, -0.15) is 0 Å². The first-order valence-electron chi connectivity index (χ1n) is 3.84. The van der Waals surface area contributed by atoms with Crippen molar-refractivity contribution >= 4 is 28.9 Å². The number of rotatable bonds is 0. The number of fused-ring (bicyclic) bond motifs is 1. The quantitative estimate of drug-likeness (QED) is 0.649. The lowest BCUT2D eigenvalue weighted by Crippen LogP contribution is -2.24. The van der Waals surface area contributed by atoms with Crippen LogP contribution in [0.2, 0.25) is 5.02 Å². The number of amides is 1. The molecule has 1 heterocycles. The molecule has 1 aliphatic rings. The van der Waals surface area contributed by atoms with E-state index in [1.54, 1.807) is 0 Å². The third kappa shape index (κ3) is 1.33. The Bertz CT molecular complexity index is 404. The van der Waals surface area contributed by atoms with Gasteiger partial charge in [0, 0.05) is 6.07 Å². The van der Waals surface area contributed by atoms with E-state index in [-0.39, 0.29) is 16.6 Å². The number of carbonyl (C=O) groups is 1. The third-order valence-corrected chi connectivity index (χ3v) is 2.16. The molecule has 5 heteroatoms. The average molecular weight is 213 g/mol. The molecule has 0 unspecified atom stereocenters. The Balaban J connectivity index is 2.53. The van der Waals surface area contributed by atoms with Crippen molar-refractivity contribution in [2.45, 2.75) is 0 Å². The number of hydrogen-bond acceptors (Lipinski definition) is 2. The van der Waals surface area contributed by atoms with Gasteiger partial charge in [-0.1, -0.05) is 18.2 Å². The summed E-state index contributed by atoms with van der Waals surface area (Å²) >= 11 is 5.55. The molecule has 0 atom stereocenters. The van der Waals surface area contributed by atoms with E-state index in [9.17, 15) is 9.18 Å². The molecule has 2 N–H and O–H groups in total. The minimum atomic E-state index is -0.540. The first-order valence-corrected chi connectivity index (χ1v) is 4.22. The normalized spacial score (nSPS) is 14.4. The van der Waals surface area contributed by atoms with Crippen LogP contribution in [0.25, 0.3) is 0 Å². The summed E-state index contributed by atoms with van der Waals surface area (Å²) < 4.78 is 13.0. The number of halogens is 2. The van der Waals surface area contributed by atoms with Gasteiger partial charge in [0.2, 0.25) is 0 Å². The summed E-state index contributed by atoms with van der Waals surface area (Å²) in [6.07, 6.45) is 0. The summed E-state index contributed by atoms with van der Waals surface area (Å²) in [7, 11) is 0. The lowest BCUT2D eigenvalue weighted by Gasteiger charge is -2.20. The van der Waals surface area contributed by atoms with Crippen molar-refractivity contribution < 1.29 is 9.18 Å². The molecule has 0 saturated carbocycles. The summed E-state index contributed by atoms with van der Waals surface area (Å²) in [6.45, 7) is 3.47. The molecule has 1 amide bonds. The van der Waals surface area contributed by atoms with Crippen LogP contribution in [0, 0.1) is 5.82 Å². The topological polar surface area (TPSA) is 41.1 Å². The largest absolute Gasteiger partial charge is 0.350 e. The fraction of sp³-hybridized carbons (Fsp3) is 0. The maximum absolute atomic E-state index is 13.0. The predicted octanol–water partition coefficient (Wildman–Crippen LogP) is 2.36. The number of nitrogens with one attached hydrogen (secondary N) is 2. The van der Waals surface area contributed by atoms with Gasteiger partial charge in [-0.05, 0) is 6.07 Å². The van der Waals surface area contributed by atoms with Gasteiger partial charge in [-0.25, -0.2) is 4.39 Å². The first kappa shape index (κ1) is 9.02. The first-order chi connectivity index (χ1) is 6.58. The maximum Gasteiger partial charge on any atom is 0.271 e. The second-order valence-corrected chi connectivity index (χ2v) is 3.28. The zero-order chi connectivity index (χ0) is 10.3. The van der Waals surface area contributed by atoms with Gasteiger partial charge >= 0.3 is 0 Å². The Labute approximate surface area is 84.6 Å². The molecule has 14 heavy (non-hydrogen) atoms. The molecule has 72 valence electrons. The van der Waals surface area contributed by atoms with E-state index in [0.717, 1.165) is 0 Å². The van der Waals surface area contributed by atoms with Gasteiger partial charge in [0.25, 0.3) is 5.91 Å². The molecule has 0 saturated heterocycles. The van der Waals surface area contributed by atoms with Crippen molar-refractivity contribution in [1.29, 1.82) is 0 Å². The van der Waals surface area contributed by atoms with E-state index >= 15 is 0 Å². The third-order valence-electron chi connectivity index (χ3n) is 1.87. The molecule has 1 aliphatic heterocycles. The van der Waals surface area contributed by atoms with Crippen LogP contribution in [-0.2, 0) is 4.79 Å². The van der Waals surface area contributed by atoms with Crippen LogP contribution in [0.3, 0.4) is 0 Å². The highest BCUT2D eigenvalue weighted by atomic mass is 35.5. The van der Waals surface area contributed by atoms with Crippen LogP contribution in [0.15, 0.2) is 24.4 Å². The van der Waals surface area contributed by atoms with Gasteiger partial charge < -0.3 is 10.6 Å². The van der Waals surface area contributed by atoms with Gasteiger partial charge in [-0.15, -0.1) is 0 Å². The van der Waals surface area contributed by atoms with Crippen molar-refractivity contribution in [2.75, 3.05) is 10.6 Å². The highest BCUT2D eigenvalue weighted by Gasteiger charge is 2.19. The molecule has 1 aromatic carbocycles. The van der Waals surface area contributed by atoms with Crippen LogP contribution < -0.4 is 10.6 Å². The highest BCUT2D eigenvalue weighted by Crippen LogP contribution is 2.32. The lowest BCUT2D eigenvalue weighted by atomic mass is 10.2. The Hall–Kier alpha value is -1.55. The number of carbonyl (C=O) groups excluding carboxylic acids is 1. The van der Waals surface area contributed by atoms with Gasteiger partial charge in [0.1, 0.15) is 5.82 Å². The van der Waals surface area contributed by atoms with Crippen LogP contribution in [-0.4, -0.2) is 5.91 Å². The minimum absolute atomic E-state index is 0.0293. The van der Waals surface area contributed by atoms with Crippen molar-refractivity contribution in [3.05, 3.63) is 35.2 Å². The molecule has 0 radical (unpaired) electrons. The summed E-state index contributed by atoms with van der Waals surface area (Å²) in [4.78, 5) is 11.1. The van der Waals surface area contributed by atoms with Crippen molar-refractivity contribution in [3.8, 4) is 0 Å². The van der Waals surface area contributed by atoms with Gasteiger partial charge in [-0.3, -0.25) is 4.79 Å². The molecule has 1 aromatic rings. The molecular formula is C9H6ClFN2O. The lowest BCUT2D eigenvalue weighted by molar-refractivity contribution is -0.112. The number of anilines is 2. The van der Waals surface area contributed by atoms with Crippen molar-refractivity contribution in [3.63, 3.8) is 0 Å². The summed E-state index contributed by atoms with van der Waals surface area (Å²) in [5, 5.41) is 5.17. The van der Waals surface area contributed by atoms with Crippen LogP contribution in [0.4, 0.5) is 15.8 Å². The Kier molecular flexibility index (Phi) is 1.93. The molecule has 0 spiro atoms. The van der Waals surface area contributed by atoms with E-state index in [4.69, 9.17) is 11.6 Å². The monoisotopic (exact) mass is 212 g/mol. The molecule has 3 nitrogen and oxygen atoms in total. The Morgan fingerprint density at radius 1 is 1.29 bits per heavy atom. The fourth-order valence-electron chi connectivity index (χ4n) is 1.17. The van der Waals surface area contributed by atoms with E-state index in [0.29, 0.717) is 11.4 Å². The standard InChI is InChI=1S/C9H6ClFN2O/c1-4-9(14)13-7-2-5(10)6(11)3-8(7)12-4/h2-3,12H,1H2,(H,13,14). The zero-order valence-electron chi connectivity index (χ0n) is 7.03. The SMILES string of the molecule is C=C1Nc2cc(F)c(Cl)cc2NC1=O. The van der Waals surface area contributed by atoms with Crippen LogP contribution in [0.1, 0.15) is 0 Å². The minimum Gasteiger partial charge on any atom is -0.350 e. The van der Waals surface area contributed by atoms with Gasteiger partial charge in [0.05, 0.1) is 22.1 Å². The van der Waals surface area contributed by atoms with Gasteiger partial charge in [0.15, 0.2) is 0 Å². The molecular weight excluding hydrogens is 207 g/mol. The molecule has 0 bridgehead atoms. The Morgan fingerprint density at radius 2 is 1.93 bits per heavy atom. The average Bonchev–Trinajstić information content (AvgIpc) is 2.11. The maximum atomic E-state index is 13.0. The predicted molar refractivity (Wildman–Crippen MR) is 52.8 cm³/mol.